The maximum Gasteiger partial charge on any atom is 0.157 e. The number of aromatic nitrogens is 2. The zero-order valence-electron chi connectivity index (χ0n) is 12.8. The van der Waals surface area contributed by atoms with Gasteiger partial charge >= 0.3 is 0 Å². The van der Waals surface area contributed by atoms with Crippen LogP contribution in [0.25, 0.3) is 0 Å². The average Bonchev–Trinajstić information content (AvgIpc) is 2.84. The van der Waals surface area contributed by atoms with Gasteiger partial charge in [-0.15, -0.1) is 0 Å². The highest BCUT2D eigenvalue weighted by Gasteiger charge is 2.36. The molecule has 0 saturated carbocycles. The van der Waals surface area contributed by atoms with E-state index in [1.165, 1.54) is 0 Å². The van der Waals surface area contributed by atoms with Crippen molar-refractivity contribution in [3.05, 3.63) is 16.4 Å². The van der Waals surface area contributed by atoms with Gasteiger partial charge in [0.25, 0.3) is 0 Å². The zero-order valence-corrected chi connectivity index (χ0v) is 13.6. The standard InChI is InChI=1S/C15H23ClN4O/c1-3-11-15(16)12(20(4-2)17-11)9-14(21)13-10-18-5-7-19(13)8-6-18/h13H,3-10H2,1-2H3. The monoisotopic (exact) mass is 310 g/mol. The average molecular weight is 311 g/mol. The molecule has 0 radical (unpaired) electrons. The molecule has 3 aliphatic heterocycles. The van der Waals surface area contributed by atoms with Gasteiger partial charge < -0.3 is 0 Å². The SMILES string of the molecule is CCc1nn(CC)c(CC(=O)C2CN3CCN2CC3)c1Cl. The highest BCUT2D eigenvalue weighted by atomic mass is 35.5. The first-order chi connectivity index (χ1) is 10.1. The largest absolute Gasteiger partial charge is 0.299 e. The number of ketones is 1. The van der Waals surface area contributed by atoms with Crippen molar-refractivity contribution < 1.29 is 4.79 Å². The molecule has 2 bridgehead atoms. The minimum absolute atomic E-state index is 0.0360. The molecule has 0 aromatic carbocycles. The van der Waals surface area contributed by atoms with Gasteiger partial charge in [0.1, 0.15) is 0 Å². The van der Waals surface area contributed by atoms with E-state index in [4.69, 9.17) is 11.6 Å². The van der Waals surface area contributed by atoms with Gasteiger partial charge in [-0.3, -0.25) is 19.3 Å². The van der Waals surface area contributed by atoms with Crippen LogP contribution >= 0.6 is 11.6 Å². The summed E-state index contributed by atoms with van der Waals surface area (Å²) in [6.07, 6.45) is 1.20. The van der Waals surface area contributed by atoms with Crippen LogP contribution in [-0.2, 0) is 24.2 Å². The van der Waals surface area contributed by atoms with Crippen molar-refractivity contribution in [3.63, 3.8) is 0 Å². The van der Waals surface area contributed by atoms with Gasteiger partial charge in [-0.25, -0.2) is 0 Å². The maximum atomic E-state index is 12.7. The third kappa shape index (κ3) is 2.74. The molecule has 0 N–H and O–H groups in total. The fourth-order valence-corrected chi connectivity index (χ4v) is 3.73. The Bertz CT molecular complexity index is 534. The lowest BCUT2D eigenvalue weighted by Crippen LogP contribution is -2.63. The summed E-state index contributed by atoms with van der Waals surface area (Å²) in [5, 5.41) is 5.19. The zero-order chi connectivity index (χ0) is 15.0. The van der Waals surface area contributed by atoms with E-state index < -0.39 is 0 Å². The molecule has 3 fully saturated rings. The van der Waals surface area contributed by atoms with Crippen molar-refractivity contribution in [1.82, 2.24) is 19.6 Å². The van der Waals surface area contributed by atoms with Crippen LogP contribution in [0.3, 0.4) is 0 Å². The van der Waals surface area contributed by atoms with E-state index in [1.807, 2.05) is 18.5 Å². The van der Waals surface area contributed by atoms with E-state index in [0.29, 0.717) is 11.4 Å². The van der Waals surface area contributed by atoms with Gasteiger partial charge in [-0.05, 0) is 13.3 Å². The van der Waals surface area contributed by atoms with E-state index in [9.17, 15) is 4.79 Å². The van der Waals surface area contributed by atoms with Gasteiger partial charge in [0.15, 0.2) is 5.78 Å². The van der Waals surface area contributed by atoms with Crippen molar-refractivity contribution in [2.45, 2.75) is 39.3 Å². The lowest BCUT2D eigenvalue weighted by Gasteiger charge is -2.46. The second kappa shape index (κ2) is 6.07. The third-order valence-corrected chi connectivity index (χ3v) is 5.12. The number of hydrogen-bond donors (Lipinski definition) is 0. The molecule has 3 saturated heterocycles. The summed E-state index contributed by atoms with van der Waals surface area (Å²) in [7, 11) is 0. The summed E-state index contributed by atoms with van der Waals surface area (Å²) < 4.78 is 1.88. The topological polar surface area (TPSA) is 41.4 Å². The molecule has 4 heterocycles. The first kappa shape index (κ1) is 15.0. The number of piperazine rings is 3. The molecular formula is C15H23ClN4O. The molecule has 0 aliphatic carbocycles. The Morgan fingerprint density at radius 3 is 2.52 bits per heavy atom. The number of rotatable bonds is 5. The summed E-state index contributed by atoms with van der Waals surface area (Å²) in [6.45, 7) is 9.91. The Morgan fingerprint density at radius 1 is 1.29 bits per heavy atom. The number of fused-ring (bicyclic) bond motifs is 3. The molecular weight excluding hydrogens is 288 g/mol. The molecule has 5 nitrogen and oxygen atoms in total. The molecule has 1 aromatic heterocycles. The van der Waals surface area contributed by atoms with Gasteiger partial charge in [0.2, 0.25) is 0 Å². The van der Waals surface area contributed by atoms with E-state index in [-0.39, 0.29) is 11.8 Å². The Balaban J connectivity index is 1.77. The number of Topliss-reactive ketones (excluding diaryl/α,β-unsaturated/α-hetero) is 1. The van der Waals surface area contributed by atoms with Crippen LogP contribution in [0.4, 0.5) is 0 Å². The molecule has 0 spiro atoms. The molecule has 116 valence electrons. The van der Waals surface area contributed by atoms with Gasteiger partial charge in [-0.2, -0.15) is 5.10 Å². The summed E-state index contributed by atoms with van der Waals surface area (Å²) in [6, 6.07) is 0.0360. The normalized spacial score (nSPS) is 28.0. The number of carbonyl (C=O) groups excluding carboxylic acids is 1. The fraction of sp³-hybridized carbons (Fsp3) is 0.733. The Kier molecular flexibility index (Phi) is 4.33. The summed E-state index contributed by atoms with van der Waals surface area (Å²) in [4.78, 5) is 17.4. The minimum atomic E-state index is 0.0360. The van der Waals surface area contributed by atoms with Crippen molar-refractivity contribution >= 4 is 17.4 Å². The Hall–Kier alpha value is -0.910. The van der Waals surface area contributed by atoms with E-state index in [2.05, 4.69) is 14.9 Å². The first-order valence-corrected chi connectivity index (χ1v) is 8.25. The van der Waals surface area contributed by atoms with E-state index in [1.54, 1.807) is 0 Å². The van der Waals surface area contributed by atoms with Crippen molar-refractivity contribution in [2.24, 2.45) is 0 Å². The maximum absolute atomic E-state index is 12.7. The molecule has 21 heavy (non-hydrogen) atoms. The van der Waals surface area contributed by atoms with Crippen LogP contribution < -0.4 is 0 Å². The summed E-state index contributed by atoms with van der Waals surface area (Å²) >= 11 is 6.41. The van der Waals surface area contributed by atoms with Crippen LogP contribution in [-0.4, -0.2) is 64.1 Å². The molecule has 0 amide bonds. The number of carbonyl (C=O) groups is 1. The van der Waals surface area contributed by atoms with Crippen LogP contribution in [0.5, 0.6) is 0 Å². The quantitative estimate of drug-likeness (QED) is 0.820. The number of hydrogen-bond acceptors (Lipinski definition) is 4. The molecule has 1 unspecified atom stereocenters. The van der Waals surface area contributed by atoms with Crippen molar-refractivity contribution in [1.29, 1.82) is 0 Å². The number of nitrogens with zero attached hydrogens (tertiary/aromatic N) is 4. The minimum Gasteiger partial charge on any atom is -0.299 e. The van der Waals surface area contributed by atoms with Crippen molar-refractivity contribution in [2.75, 3.05) is 32.7 Å². The summed E-state index contributed by atoms with van der Waals surface area (Å²) in [5.74, 6) is 0.276. The molecule has 3 aliphatic rings. The van der Waals surface area contributed by atoms with Crippen LogP contribution in [0, 0.1) is 0 Å². The Labute approximate surface area is 130 Å². The lowest BCUT2D eigenvalue weighted by atomic mass is 10.0. The number of halogens is 1. The highest BCUT2D eigenvalue weighted by molar-refractivity contribution is 6.32. The van der Waals surface area contributed by atoms with Gasteiger partial charge in [0, 0.05) is 39.3 Å². The molecule has 4 rings (SSSR count). The van der Waals surface area contributed by atoms with Crippen molar-refractivity contribution in [3.8, 4) is 0 Å². The second-order valence-electron chi connectivity index (χ2n) is 5.87. The molecule has 1 aromatic rings. The molecule has 1 atom stereocenters. The summed E-state index contributed by atoms with van der Waals surface area (Å²) in [5.41, 5.74) is 1.79. The van der Waals surface area contributed by atoms with Crippen LogP contribution in [0.15, 0.2) is 0 Å². The van der Waals surface area contributed by atoms with Crippen LogP contribution in [0.2, 0.25) is 5.02 Å². The fourth-order valence-electron chi connectivity index (χ4n) is 3.39. The van der Waals surface area contributed by atoms with E-state index in [0.717, 1.165) is 57.1 Å². The predicted octanol–water partition coefficient (Wildman–Crippen LogP) is 1.23. The molecule has 6 heteroatoms. The van der Waals surface area contributed by atoms with Gasteiger partial charge in [-0.1, -0.05) is 18.5 Å². The lowest BCUT2D eigenvalue weighted by molar-refractivity contribution is -0.128. The predicted molar refractivity (Wildman–Crippen MR) is 82.8 cm³/mol. The third-order valence-electron chi connectivity index (χ3n) is 4.69. The van der Waals surface area contributed by atoms with E-state index >= 15 is 0 Å². The smallest absolute Gasteiger partial charge is 0.157 e. The Morgan fingerprint density at radius 2 is 2.00 bits per heavy atom. The van der Waals surface area contributed by atoms with Gasteiger partial charge in [0.05, 0.1) is 28.9 Å². The van der Waals surface area contributed by atoms with Crippen LogP contribution in [0.1, 0.15) is 25.2 Å². The second-order valence-corrected chi connectivity index (χ2v) is 6.25. The highest BCUT2D eigenvalue weighted by Crippen LogP contribution is 2.24. The number of aryl methyl sites for hydroxylation is 2. The first-order valence-electron chi connectivity index (χ1n) is 7.87.